The molecule has 7 nitrogen and oxygen atoms in total. The molecule has 27 heavy (non-hydrogen) atoms. The van der Waals surface area contributed by atoms with Gasteiger partial charge in [0, 0.05) is 46.2 Å². The minimum atomic E-state index is -0.241. The molecule has 1 N–H and O–H groups in total. The first kappa shape index (κ1) is 20.7. The van der Waals surface area contributed by atoms with Gasteiger partial charge in [0.2, 0.25) is 11.8 Å². The fourth-order valence-corrected chi connectivity index (χ4v) is 3.25. The van der Waals surface area contributed by atoms with Crippen LogP contribution in [0.3, 0.4) is 0 Å². The van der Waals surface area contributed by atoms with E-state index >= 15 is 0 Å². The van der Waals surface area contributed by atoms with Crippen molar-refractivity contribution in [3.8, 4) is 0 Å². The average molecular weight is 374 g/mol. The Balaban J connectivity index is 1.77. The van der Waals surface area contributed by atoms with Crippen LogP contribution in [0.15, 0.2) is 30.3 Å². The molecule has 1 heterocycles. The third-order valence-electron chi connectivity index (χ3n) is 4.91. The molecule has 0 saturated carbocycles. The molecule has 1 aromatic carbocycles. The van der Waals surface area contributed by atoms with Crippen LogP contribution in [0.2, 0.25) is 0 Å². The molecule has 148 valence electrons. The first-order chi connectivity index (χ1) is 12.9. The number of hydrogen-bond acceptors (Lipinski definition) is 3. The van der Waals surface area contributed by atoms with E-state index < -0.39 is 0 Å². The van der Waals surface area contributed by atoms with Crippen molar-refractivity contribution in [2.24, 2.45) is 5.92 Å². The lowest BCUT2D eigenvalue weighted by atomic mass is 9.96. The van der Waals surface area contributed by atoms with Gasteiger partial charge in [-0.15, -0.1) is 0 Å². The molecule has 0 bridgehead atoms. The quantitative estimate of drug-likeness (QED) is 0.821. The first-order valence-corrected chi connectivity index (χ1v) is 9.48. The third kappa shape index (κ3) is 5.98. The number of likely N-dealkylation sites (N-methyl/N-ethyl adjacent to an activating group) is 1. The number of likely N-dealkylation sites (tertiary alicyclic amines) is 1. The lowest BCUT2D eigenvalue weighted by Gasteiger charge is -2.32. The largest absolute Gasteiger partial charge is 0.349 e. The predicted octanol–water partition coefficient (Wildman–Crippen LogP) is 1.54. The molecule has 0 spiro atoms. The Morgan fingerprint density at radius 2 is 1.74 bits per heavy atom. The Morgan fingerprint density at radius 1 is 1.11 bits per heavy atom. The van der Waals surface area contributed by atoms with Crippen LogP contribution in [0.25, 0.3) is 0 Å². The highest BCUT2D eigenvalue weighted by Crippen LogP contribution is 2.18. The Bertz CT molecular complexity index is 640. The van der Waals surface area contributed by atoms with Crippen molar-refractivity contribution in [3.05, 3.63) is 35.9 Å². The molecule has 7 heteroatoms. The van der Waals surface area contributed by atoms with Gasteiger partial charge in [-0.25, -0.2) is 4.79 Å². The van der Waals surface area contributed by atoms with E-state index in [0.29, 0.717) is 39.0 Å². The van der Waals surface area contributed by atoms with Crippen LogP contribution in [0.1, 0.15) is 25.3 Å². The lowest BCUT2D eigenvalue weighted by Crippen LogP contribution is -2.49. The van der Waals surface area contributed by atoms with E-state index in [2.05, 4.69) is 5.32 Å². The second-order valence-corrected chi connectivity index (χ2v) is 7.05. The van der Waals surface area contributed by atoms with E-state index in [1.165, 1.54) is 0 Å². The van der Waals surface area contributed by atoms with Gasteiger partial charge in [0.1, 0.15) is 0 Å². The number of rotatable bonds is 6. The highest BCUT2D eigenvalue weighted by Gasteiger charge is 2.28. The first-order valence-electron chi connectivity index (χ1n) is 9.48. The van der Waals surface area contributed by atoms with Crippen molar-refractivity contribution in [2.75, 3.05) is 40.3 Å². The van der Waals surface area contributed by atoms with Gasteiger partial charge in [0.15, 0.2) is 0 Å². The molecule has 1 aromatic rings. The van der Waals surface area contributed by atoms with Crippen molar-refractivity contribution in [1.82, 2.24) is 20.0 Å². The average Bonchev–Trinajstić information content (AvgIpc) is 2.70. The van der Waals surface area contributed by atoms with Crippen LogP contribution in [0, 0.1) is 5.92 Å². The highest BCUT2D eigenvalue weighted by atomic mass is 16.2. The van der Waals surface area contributed by atoms with Crippen LogP contribution in [-0.2, 0) is 16.1 Å². The van der Waals surface area contributed by atoms with E-state index in [1.807, 2.05) is 37.3 Å². The molecular formula is C20H30N4O3. The zero-order valence-corrected chi connectivity index (χ0v) is 16.5. The summed E-state index contributed by atoms with van der Waals surface area (Å²) in [7, 11) is 3.50. The van der Waals surface area contributed by atoms with E-state index in [0.717, 1.165) is 5.56 Å². The molecular weight excluding hydrogens is 344 g/mol. The van der Waals surface area contributed by atoms with Gasteiger partial charge >= 0.3 is 6.03 Å². The van der Waals surface area contributed by atoms with Crippen LogP contribution >= 0.6 is 0 Å². The summed E-state index contributed by atoms with van der Waals surface area (Å²) in [6.45, 7) is 4.09. The number of nitrogens with zero attached hydrogens (tertiary/aromatic N) is 3. The summed E-state index contributed by atoms with van der Waals surface area (Å²) in [6.07, 6.45) is 1.32. The molecule has 1 fully saturated rings. The number of benzene rings is 1. The SMILES string of the molecule is CCN(Cc1ccccc1)C(=O)CNC(=O)N1CCC(C(=O)N(C)C)CC1. The maximum atomic E-state index is 12.4. The van der Waals surface area contributed by atoms with Crippen LogP contribution < -0.4 is 5.32 Å². The maximum Gasteiger partial charge on any atom is 0.317 e. The topological polar surface area (TPSA) is 73.0 Å². The van der Waals surface area contributed by atoms with Crippen LogP contribution in [0.5, 0.6) is 0 Å². The molecule has 0 unspecified atom stereocenters. The summed E-state index contributed by atoms with van der Waals surface area (Å²) in [4.78, 5) is 41.8. The fraction of sp³-hybridized carbons (Fsp3) is 0.550. The second kappa shape index (κ2) is 9.94. The molecule has 1 saturated heterocycles. The van der Waals surface area contributed by atoms with Crippen molar-refractivity contribution in [2.45, 2.75) is 26.3 Å². The molecule has 2 rings (SSSR count). The van der Waals surface area contributed by atoms with Gasteiger partial charge in [-0.05, 0) is 25.3 Å². The van der Waals surface area contributed by atoms with Crippen LogP contribution in [0.4, 0.5) is 4.79 Å². The van der Waals surface area contributed by atoms with E-state index in [4.69, 9.17) is 0 Å². The van der Waals surface area contributed by atoms with Gasteiger partial charge in [-0.3, -0.25) is 9.59 Å². The number of hydrogen-bond donors (Lipinski definition) is 1. The van der Waals surface area contributed by atoms with Crippen molar-refractivity contribution < 1.29 is 14.4 Å². The zero-order chi connectivity index (χ0) is 19.8. The van der Waals surface area contributed by atoms with Crippen molar-refractivity contribution >= 4 is 17.8 Å². The Labute approximate surface area is 161 Å². The summed E-state index contributed by atoms with van der Waals surface area (Å²) in [5.41, 5.74) is 1.06. The standard InChI is InChI=1S/C20H30N4O3/c1-4-23(15-16-8-6-5-7-9-16)18(25)14-21-20(27)24-12-10-17(11-13-24)19(26)22(2)3/h5-9,17H,4,10-15H2,1-3H3,(H,21,27). The number of carbonyl (C=O) groups excluding carboxylic acids is 3. The number of nitrogens with one attached hydrogen (secondary N) is 1. The maximum absolute atomic E-state index is 12.4. The number of piperidine rings is 1. The third-order valence-corrected chi connectivity index (χ3v) is 4.91. The minimum absolute atomic E-state index is 0.0178. The number of amides is 4. The normalized spacial score (nSPS) is 14.6. The van der Waals surface area contributed by atoms with Crippen molar-refractivity contribution in [3.63, 3.8) is 0 Å². The highest BCUT2D eigenvalue weighted by molar-refractivity contribution is 5.84. The van der Waals surface area contributed by atoms with Gasteiger partial charge < -0.3 is 20.0 Å². The fourth-order valence-electron chi connectivity index (χ4n) is 3.25. The van der Waals surface area contributed by atoms with Gasteiger partial charge in [-0.1, -0.05) is 30.3 Å². The monoisotopic (exact) mass is 374 g/mol. The number of urea groups is 1. The van der Waals surface area contributed by atoms with Gasteiger partial charge in [0.25, 0.3) is 0 Å². The van der Waals surface area contributed by atoms with Gasteiger partial charge in [-0.2, -0.15) is 0 Å². The summed E-state index contributed by atoms with van der Waals surface area (Å²) < 4.78 is 0. The molecule has 1 aliphatic heterocycles. The summed E-state index contributed by atoms with van der Waals surface area (Å²) in [6, 6.07) is 9.55. The summed E-state index contributed by atoms with van der Waals surface area (Å²) in [5, 5.41) is 2.72. The Hall–Kier alpha value is -2.57. The molecule has 0 radical (unpaired) electrons. The Morgan fingerprint density at radius 3 is 2.30 bits per heavy atom. The van der Waals surface area contributed by atoms with E-state index in [-0.39, 0.29) is 30.3 Å². The lowest BCUT2D eigenvalue weighted by molar-refractivity contribution is -0.134. The molecule has 1 aliphatic rings. The smallest absolute Gasteiger partial charge is 0.317 e. The van der Waals surface area contributed by atoms with Crippen molar-refractivity contribution in [1.29, 1.82) is 0 Å². The molecule has 0 aliphatic carbocycles. The van der Waals surface area contributed by atoms with Gasteiger partial charge in [0.05, 0.1) is 6.54 Å². The van der Waals surface area contributed by atoms with E-state index in [1.54, 1.807) is 28.8 Å². The zero-order valence-electron chi connectivity index (χ0n) is 16.5. The minimum Gasteiger partial charge on any atom is -0.349 e. The second-order valence-electron chi connectivity index (χ2n) is 7.05. The van der Waals surface area contributed by atoms with Crippen LogP contribution in [-0.4, -0.2) is 72.8 Å². The van der Waals surface area contributed by atoms with E-state index in [9.17, 15) is 14.4 Å². The molecule has 0 atom stereocenters. The Kier molecular flexibility index (Phi) is 7.64. The predicted molar refractivity (Wildman–Crippen MR) is 104 cm³/mol. The summed E-state index contributed by atoms with van der Waals surface area (Å²) in [5.74, 6) is -0.00996. The number of carbonyl (C=O) groups is 3. The molecule has 0 aromatic heterocycles. The molecule has 4 amide bonds. The summed E-state index contributed by atoms with van der Waals surface area (Å²) >= 11 is 0.